The minimum atomic E-state index is -0.796. The molecule has 0 bridgehead atoms. The highest BCUT2D eigenvalue weighted by Crippen LogP contribution is 2.33. The second kappa shape index (κ2) is 10.8. The largest absolute Gasteiger partial charge is 0.464 e. The number of ether oxygens (including phenoxy) is 2. The van der Waals surface area contributed by atoms with Gasteiger partial charge in [-0.25, -0.2) is 19.6 Å². The number of esters is 1. The molecular weight excluding hydrogens is 386 g/mol. The predicted octanol–water partition coefficient (Wildman–Crippen LogP) is 3.71. The molecule has 1 aliphatic rings. The Morgan fingerprint density at radius 1 is 1.13 bits per heavy atom. The number of hydrazine groups is 1. The van der Waals surface area contributed by atoms with Gasteiger partial charge in [0, 0.05) is 13.6 Å². The lowest BCUT2D eigenvalue weighted by molar-refractivity contribution is -0.148. The summed E-state index contributed by atoms with van der Waals surface area (Å²) in [5.74, 6) is 0.181. The SMILES string of the molecule is CN(C(=O)NCc1ccccc1)N(CC(=O)OCCCC1CC1)C(=O)OC(C)(C)C. The standard InChI is InChI=1S/C22H33N3O5/c1-22(2,3)30-21(28)25(16-19(26)29-14-8-11-17-12-13-17)24(4)20(27)23-15-18-9-6-5-7-10-18/h5-7,9-10,17H,8,11-16H2,1-4H3,(H,23,27). The fourth-order valence-electron chi connectivity index (χ4n) is 2.74. The van der Waals surface area contributed by atoms with Crippen LogP contribution in [0.1, 0.15) is 52.0 Å². The molecule has 0 spiro atoms. The lowest BCUT2D eigenvalue weighted by Crippen LogP contribution is -2.54. The second-order valence-electron chi connectivity index (χ2n) is 8.51. The van der Waals surface area contributed by atoms with E-state index in [0.717, 1.165) is 34.3 Å². The van der Waals surface area contributed by atoms with Crippen molar-refractivity contribution in [1.29, 1.82) is 0 Å². The van der Waals surface area contributed by atoms with E-state index in [1.54, 1.807) is 20.8 Å². The summed E-state index contributed by atoms with van der Waals surface area (Å²) in [6, 6.07) is 8.86. The zero-order chi connectivity index (χ0) is 22.1. The van der Waals surface area contributed by atoms with Crippen LogP contribution >= 0.6 is 0 Å². The van der Waals surface area contributed by atoms with Gasteiger partial charge in [-0.3, -0.25) is 4.79 Å². The quantitative estimate of drug-likeness (QED) is 0.394. The van der Waals surface area contributed by atoms with Gasteiger partial charge in [0.05, 0.1) is 6.61 Å². The zero-order valence-electron chi connectivity index (χ0n) is 18.3. The van der Waals surface area contributed by atoms with E-state index in [1.807, 2.05) is 30.3 Å². The highest BCUT2D eigenvalue weighted by molar-refractivity contribution is 5.82. The Balaban J connectivity index is 1.92. The summed E-state index contributed by atoms with van der Waals surface area (Å²) < 4.78 is 10.6. The van der Waals surface area contributed by atoms with Gasteiger partial charge in [-0.2, -0.15) is 0 Å². The number of benzene rings is 1. The molecule has 1 aromatic carbocycles. The Labute approximate surface area is 178 Å². The second-order valence-corrected chi connectivity index (χ2v) is 8.51. The summed E-state index contributed by atoms with van der Waals surface area (Å²) in [5, 5.41) is 4.72. The Hall–Kier alpha value is -2.77. The van der Waals surface area contributed by atoms with Gasteiger partial charge < -0.3 is 14.8 Å². The van der Waals surface area contributed by atoms with E-state index in [4.69, 9.17) is 9.47 Å². The van der Waals surface area contributed by atoms with Crippen LogP contribution in [0.25, 0.3) is 0 Å². The van der Waals surface area contributed by atoms with Gasteiger partial charge in [0.2, 0.25) is 0 Å². The topological polar surface area (TPSA) is 88.2 Å². The van der Waals surface area contributed by atoms with E-state index < -0.39 is 30.2 Å². The normalized spacial score (nSPS) is 13.3. The predicted molar refractivity (Wildman–Crippen MR) is 112 cm³/mol. The van der Waals surface area contributed by atoms with E-state index in [9.17, 15) is 14.4 Å². The molecule has 8 heteroatoms. The van der Waals surface area contributed by atoms with Crippen molar-refractivity contribution in [3.05, 3.63) is 35.9 Å². The van der Waals surface area contributed by atoms with Crippen LogP contribution in [0, 0.1) is 5.92 Å². The van der Waals surface area contributed by atoms with Crippen molar-refractivity contribution in [3.63, 3.8) is 0 Å². The molecule has 0 radical (unpaired) electrons. The maximum atomic E-state index is 12.6. The van der Waals surface area contributed by atoms with E-state index in [0.29, 0.717) is 6.61 Å². The van der Waals surface area contributed by atoms with Gasteiger partial charge in [-0.05, 0) is 45.1 Å². The molecule has 0 aromatic heterocycles. The molecule has 0 heterocycles. The average Bonchev–Trinajstić information content (AvgIpc) is 3.51. The van der Waals surface area contributed by atoms with Crippen LogP contribution in [0.2, 0.25) is 0 Å². The van der Waals surface area contributed by atoms with E-state index >= 15 is 0 Å². The molecule has 1 aliphatic carbocycles. The molecule has 1 fully saturated rings. The summed E-state index contributed by atoms with van der Waals surface area (Å²) in [6.45, 7) is 5.34. The monoisotopic (exact) mass is 419 g/mol. The smallest absolute Gasteiger partial charge is 0.429 e. The van der Waals surface area contributed by atoms with Crippen molar-refractivity contribution in [1.82, 2.24) is 15.3 Å². The number of urea groups is 1. The summed E-state index contributed by atoms with van der Waals surface area (Å²) in [6.07, 6.45) is 3.56. The molecule has 1 aromatic rings. The zero-order valence-corrected chi connectivity index (χ0v) is 18.3. The number of rotatable bonds is 8. The summed E-state index contributed by atoms with van der Waals surface area (Å²) in [7, 11) is 1.41. The van der Waals surface area contributed by atoms with E-state index in [-0.39, 0.29) is 6.54 Å². The Morgan fingerprint density at radius 3 is 2.40 bits per heavy atom. The molecule has 1 N–H and O–H groups in total. The molecule has 1 saturated carbocycles. The number of hydrogen-bond donors (Lipinski definition) is 1. The molecule has 0 atom stereocenters. The minimum absolute atomic E-state index is 0.289. The van der Waals surface area contributed by atoms with Gasteiger partial charge in [0.15, 0.2) is 0 Å². The van der Waals surface area contributed by atoms with Crippen LogP contribution in [-0.4, -0.2) is 53.9 Å². The highest BCUT2D eigenvalue weighted by Gasteiger charge is 2.30. The van der Waals surface area contributed by atoms with Crippen molar-refractivity contribution < 1.29 is 23.9 Å². The summed E-state index contributed by atoms with van der Waals surface area (Å²) >= 11 is 0. The van der Waals surface area contributed by atoms with Crippen LogP contribution in [0.4, 0.5) is 9.59 Å². The van der Waals surface area contributed by atoms with Gasteiger partial charge >= 0.3 is 18.1 Å². The van der Waals surface area contributed by atoms with Crippen LogP contribution in [0.5, 0.6) is 0 Å². The Morgan fingerprint density at radius 2 is 1.80 bits per heavy atom. The first-order chi connectivity index (χ1) is 14.2. The Bertz CT molecular complexity index is 713. The maximum Gasteiger partial charge on any atom is 0.429 e. The third kappa shape index (κ3) is 8.71. The fraction of sp³-hybridized carbons (Fsp3) is 0.591. The van der Waals surface area contributed by atoms with Crippen LogP contribution in [-0.2, 0) is 20.8 Å². The minimum Gasteiger partial charge on any atom is -0.464 e. The molecule has 8 nitrogen and oxygen atoms in total. The first kappa shape index (κ1) is 23.5. The van der Waals surface area contributed by atoms with Crippen molar-refractivity contribution in [3.8, 4) is 0 Å². The lowest BCUT2D eigenvalue weighted by Gasteiger charge is -2.32. The van der Waals surface area contributed by atoms with Gasteiger partial charge in [-0.1, -0.05) is 43.2 Å². The van der Waals surface area contributed by atoms with Crippen molar-refractivity contribution >= 4 is 18.1 Å². The molecule has 30 heavy (non-hydrogen) atoms. The molecule has 2 rings (SSSR count). The van der Waals surface area contributed by atoms with Gasteiger partial charge in [0.1, 0.15) is 12.1 Å². The molecule has 0 unspecified atom stereocenters. The molecule has 166 valence electrons. The van der Waals surface area contributed by atoms with Crippen molar-refractivity contribution in [2.24, 2.45) is 5.92 Å². The summed E-state index contributed by atoms with van der Waals surface area (Å²) in [4.78, 5) is 37.4. The molecule has 3 amide bonds. The average molecular weight is 420 g/mol. The number of carbonyl (C=O) groups excluding carboxylic acids is 3. The number of nitrogens with one attached hydrogen (secondary N) is 1. The summed E-state index contributed by atoms with van der Waals surface area (Å²) in [5.41, 5.74) is 0.142. The molecular formula is C22H33N3O5. The Kier molecular flexibility index (Phi) is 8.50. The van der Waals surface area contributed by atoms with Crippen molar-refractivity contribution in [2.45, 2.75) is 58.6 Å². The number of nitrogens with zero attached hydrogens (tertiary/aromatic N) is 2. The van der Waals surface area contributed by atoms with Crippen LogP contribution in [0.3, 0.4) is 0 Å². The first-order valence-electron chi connectivity index (χ1n) is 10.4. The van der Waals surface area contributed by atoms with E-state index in [1.165, 1.54) is 19.9 Å². The first-order valence-corrected chi connectivity index (χ1v) is 10.4. The van der Waals surface area contributed by atoms with Crippen molar-refractivity contribution in [2.75, 3.05) is 20.2 Å². The fourth-order valence-corrected chi connectivity index (χ4v) is 2.74. The lowest BCUT2D eigenvalue weighted by atomic mass is 10.2. The van der Waals surface area contributed by atoms with Crippen LogP contribution < -0.4 is 5.32 Å². The number of amides is 3. The number of carbonyl (C=O) groups is 3. The van der Waals surface area contributed by atoms with Crippen LogP contribution in [0.15, 0.2) is 30.3 Å². The third-order valence-corrected chi connectivity index (χ3v) is 4.54. The molecule has 0 aliphatic heterocycles. The molecule has 0 saturated heterocycles. The van der Waals surface area contributed by atoms with Gasteiger partial charge in [0.25, 0.3) is 0 Å². The van der Waals surface area contributed by atoms with Gasteiger partial charge in [-0.15, -0.1) is 0 Å². The number of hydrogen-bond acceptors (Lipinski definition) is 5. The van der Waals surface area contributed by atoms with E-state index in [2.05, 4.69) is 5.32 Å². The highest BCUT2D eigenvalue weighted by atomic mass is 16.6. The maximum absolute atomic E-state index is 12.6. The third-order valence-electron chi connectivity index (χ3n) is 4.54.